The van der Waals surface area contributed by atoms with E-state index in [0.29, 0.717) is 23.9 Å². The predicted molar refractivity (Wildman–Crippen MR) is 86.5 cm³/mol. The Labute approximate surface area is 139 Å². The van der Waals surface area contributed by atoms with Crippen LogP contribution in [0.25, 0.3) is 0 Å². The number of carbonyl (C=O) groups is 1. The van der Waals surface area contributed by atoms with E-state index in [4.69, 9.17) is 16.3 Å². The normalized spacial score (nSPS) is 16.7. The molecule has 8 heteroatoms. The molecule has 1 atom stereocenters. The first kappa shape index (κ1) is 15.8. The minimum Gasteiger partial charge on any atom is -0.380 e. The standard InChI is InChI=1S/C15H18ClN5O2/c1-23-8-11-12(16)3-2-4-13(11)20-15(22)19-10-5-6-14-17-9-18-21(14)7-10/h2-4,9-10H,5-8H2,1H3,(H2,19,20,22)/t10-/m0/s1. The number of hydrogen-bond acceptors (Lipinski definition) is 4. The summed E-state index contributed by atoms with van der Waals surface area (Å²) in [6.45, 7) is 0.963. The van der Waals surface area contributed by atoms with Crippen LogP contribution in [-0.2, 0) is 24.3 Å². The summed E-state index contributed by atoms with van der Waals surface area (Å²) in [5, 5.41) is 10.5. The Bertz CT molecular complexity index is 703. The number of rotatable bonds is 4. The van der Waals surface area contributed by atoms with Crippen LogP contribution in [0.3, 0.4) is 0 Å². The molecule has 0 radical (unpaired) electrons. The number of anilines is 1. The van der Waals surface area contributed by atoms with Crippen molar-refractivity contribution in [3.05, 3.63) is 40.9 Å². The third-order valence-corrected chi connectivity index (χ3v) is 4.15. The number of aromatic nitrogens is 3. The van der Waals surface area contributed by atoms with E-state index in [-0.39, 0.29) is 12.1 Å². The molecule has 2 N–H and O–H groups in total. The minimum absolute atomic E-state index is 0.0225. The van der Waals surface area contributed by atoms with Gasteiger partial charge in [-0.15, -0.1) is 0 Å². The van der Waals surface area contributed by atoms with Crippen LogP contribution in [-0.4, -0.2) is 33.9 Å². The number of hydrogen-bond donors (Lipinski definition) is 2. The largest absolute Gasteiger partial charge is 0.380 e. The topological polar surface area (TPSA) is 81.1 Å². The molecule has 0 saturated heterocycles. The molecular formula is C15H18ClN5O2. The number of halogens is 1. The number of fused-ring (bicyclic) bond motifs is 1. The lowest BCUT2D eigenvalue weighted by Gasteiger charge is -2.24. The van der Waals surface area contributed by atoms with E-state index in [1.165, 1.54) is 0 Å². The van der Waals surface area contributed by atoms with Gasteiger partial charge >= 0.3 is 6.03 Å². The Morgan fingerprint density at radius 3 is 3.22 bits per heavy atom. The molecule has 122 valence electrons. The van der Waals surface area contributed by atoms with E-state index in [9.17, 15) is 4.79 Å². The van der Waals surface area contributed by atoms with E-state index in [0.717, 1.165) is 24.2 Å². The number of ether oxygens (including phenoxy) is 1. The van der Waals surface area contributed by atoms with Crippen molar-refractivity contribution in [2.45, 2.75) is 32.0 Å². The summed E-state index contributed by atoms with van der Waals surface area (Å²) in [4.78, 5) is 16.4. The van der Waals surface area contributed by atoms with Gasteiger partial charge in [-0.05, 0) is 18.6 Å². The van der Waals surface area contributed by atoms with Gasteiger partial charge in [0, 0.05) is 29.8 Å². The van der Waals surface area contributed by atoms with Crippen LogP contribution in [0.5, 0.6) is 0 Å². The maximum absolute atomic E-state index is 12.2. The maximum atomic E-state index is 12.2. The number of nitrogens with one attached hydrogen (secondary N) is 2. The lowest BCUT2D eigenvalue weighted by atomic mass is 10.1. The number of aryl methyl sites for hydroxylation is 1. The van der Waals surface area contributed by atoms with E-state index in [2.05, 4.69) is 20.7 Å². The quantitative estimate of drug-likeness (QED) is 0.897. The zero-order valence-electron chi connectivity index (χ0n) is 12.8. The highest BCUT2D eigenvalue weighted by atomic mass is 35.5. The molecule has 0 fully saturated rings. The van der Waals surface area contributed by atoms with Crippen molar-refractivity contribution >= 4 is 23.3 Å². The average Bonchev–Trinajstić information content (AvgIpc) is 2.98. The smallest absolute Gasteiger partial charge is 0.319 e. The summed E-state index contributed by atoms with van der Waals surface area (Å²) in [5.74, 6) is 0.959. The maximum Gasteiger partial charge on any atom is 0.319 e. The molecule has 0 spiro atoms. The molecule has 1 aliphatic rings. The van der Waals surface area contributed by atoms with Gasteiger partial charge in [-0.3, -0.25) is 0 Å². The molecule has 2 aromatic rings. The van der Waals surface area contributed by atoms with Gasteiger partial charge in [0.2, 0.25) is 0 Å². The number of carbonyl (C=O) groups excluding carboxylic acids is 1. The van der Waals surface area contributed by atoms with Gasteiger partial charge < -0.3 is 15.4 Å². The van der Waals surface area contributed by atoms with Crippen molar-refractivity contribution in [2.24, 2.45) is 0 Å². The highest BCUT2D eigenvalue weighted by Crippen LogP contribution is 2.25. The van der Waals surface area contributed by atoms with Gasteiger partial charge in [0.05, 0.1) is 19.2 Å². The van der Waals surface area contributed by atoms with Gasteiger partial charge in [-0.2, -0.15) is 5.10 Å². The summed E-state index contributed by atoms with van der Waals surface area (Å²) in [7, 11) is 1.59. The molecule has 2 amide bonds. The molecule has 1 aromatic heterocycles. The van der Waals surface area contributed by atoms with Gasteiger partial charge in [-0.1, -0.05) is 17.7 Å². The molecule has 1 aromatic carbocycles. The molecule has 2 heterocycles. The molecule has 0 unspecified atom stereocenters. The number of methoxy groups -OCH3 is 1. The summed E-state index contributed by atoms with van der Waals surface area (Å²) in [6, 6.07) is 5.12. The molecule has 7 nitrogen and oxygen atoms in total. The monoisotopic (exact) mass is 335 g/mol. The van der Waals surface area contributed by atoms with Crippen molar-refractivity contribution < 1.29 is 9.53 Å². The third kappa shape index (κ3) is 3.62. The van der Waals surface area contributed by atoms with Crippen LogP contribution < -0.4 is 10.6 Å². The molecule has 0 saturated carbocycles. The van der Waals surface area contributed by atoms with Crippen molar-refractivity contribution in [3.63, 3.8) is 0 Å². The zero-order chi connectivity index (χ0) is 16.2. The fourth-order valence-corrected chi connectivity index (χ4v) is 2.90. The molecular weight excluding hydrogens is 318 g/mol. The SMILES string of the molecule is COCc1c(Cl)cccc1NC(=O)N[C@H]1CCc2ncnn2C1. The fraction of sp³-hybridized carbons (Fsp3) is 0.400. The summed E-state index contributed by atoms with van der Waals surface area (Å²) >= 11 is 6.16. The van der Waals surface area contributed by atoms with Gasteiger partial charge in [0.15, 0.2) is 0 Å². The second-order valence-corrected chi connectivity index (χ2v) is 5.80. The van der Waals surface area contributed by atoms with Crippen LogP contribution >= 0.6 is 11.6 Å². The fourth-order valence-electron chi connectivity index (χ4n) is 2.67. The number of nitrogens with zero attached hydrogens (tertiary/aromatic N) is 3. The van der Waals surface area contributed by atoms with E-state index in [1.807, 2.05) is 4.68 Å². The Morgan fingerprint density at radius 2 is 2.39 bits per heavy atom. The van der Waals surface area contributed by atoms with Crippen molar-refractivity contribution in [3.8, 4) is 0 Å². The Kier molecular flexibility index (Phi) is 4.78. The van der Waals surface area contributed by atoms with E-state index in [1.54, 1.807) is 31.6 Å². The first-order valence-electron chi connectivity index (χ1n) is 7.38. The van der Waals surface area contributed by atoms with Gasteiger partial charge in [-0.25, -0.2) is 14.5 Å². The highest BCUT2D eigenvalue weighted by Gasteiger charge is 2.21. The lowest BCUT2D eigenvalue weighted by Crippen LogP contribution is -2.43. The predicted octanol–water partition coefficient (Wildman–Crippen LogP) is 2.21. The van der Waals surface area contributed by atoms with Gasteiger partial charge in [0.1, 0.15) is 12.2 Å². The van der Waals surface area contributed by atoms with E-state index < -0.39 is 0 Å². The number of amides is 2. The average molecular weight is 336 g/mol. The first-order chi connectivity index (χ1) is 11.2. The zero-order valence-corrected chi connectivity index (χ0v) is 13.5. The summed E-state index contributed by atoms with van der Waals surface area (Å²) in [6.07, 6.45) is 3.18. The van der Waals surface area contributed by atoms with Crippen LogP contribution in [0.2, 0.25) is 5.02 Å². The molecule has 23 heavy (non-hydrogen) atoms. The Morgan fingerprint density at radius 1 is 1.52 bits per heavy atom. The third-order valence-electron chi connectivity index (χ3n) is 3.80. The van der Waals surface area contributed by atoms with E-state index >= 15 is 0 Å². The highest BCUT2D eigenvalue weighted by molar-refractivity contribution is 6.31. The lowest BCUT2D eigenvalue weighted by molar-refractivity contribution is 0.185. The van der Waals surface area contributed by atoms with Crippen molar-refractivity contribution in [1.82, 2.24) is 20.1 Å². The summed E-state index contributed by atoms with van der Waals surface area (Å²) in [5.41, 5.74) is 1.41. The Balaban J connectivity index is 1.63. The minimum atomic E-state index is -0.266. The summed E-state index contributed by atoms with van der Waals surface area (Å²) < 4.78 is 6.96. The van der Waals surface area contributed by atoms with Crippen LogP contribution in [0, 0.1) is 0 Å². The first-order valence-corrected chi connectivity index (χ1v) is 7.75. The van der Waals surface area contributed by atoms with Crippen LogP contribution in [0.4, 0.5) is 10.5 Å². The number of urea groups is 1. The van der Waals surface area contributed by atoms with Crippen LogP contribution in [0.1, 0.15) is 17.8 Å². The Hall–Kier alpha value is -2.12. The molecule has 0 aliphatic carbocycles. The second-order valence-electron chi connectivity index (χ2n) is 5.39. The molecule has 3 rings (SSSR count). The van der Waals surface area contributed by atoms with Crippen LogP contribution in [0.15, 0.2) is 24.5 Å². The van der Waals surface area contributed by atoms with Gasteiger partial charge in [0.25, 0.3) is 0 Å². The van der Waals surface area contributed by atoms with Crippen molar-refractivity contribution in [1.29, 1.82) is 0 Å². The second kappa shape index (κ2) is 6.97. The number of benzene rings is 1. The molecule has 0 bridgehead atoms. The molecule has 1 aliphatic heterocycles. The van der Waals surface area contributed by atoms with Crippen molar-refractivity contribution in [2.75, 3.05) is 12.4 Å².